The van der Waals surface area contributed by atoms with Crippen molar-refractivity contribution >= 4 is 24.1 Å². The van der Waals surface area contributed by atoms with Crippen LogP contribution in [0, 0.1) is 5.41 Å². The number of anilines is 1. The lowest BCUT2D eigenvalue weighted by Crippen LogP contribution is -2.36. The normalized spacial score (nSPS) is 16.7. The summed E-state index contributed by atoms with van der Waals surface area (Å²) < 4.78 is 0. The largest absolute Gasteiger partial charge is 0.384 e. The summed E-state index contributed by atoms with van der Waals surface area (Å²) in [6.07, 6.45) is 6.11. The number of nitrogens with one attached hydrogen (secondary N) is 1. The van der Waals surface area contributed by atoms with Crippen molar-refractivity contribution in [3.8, 4) is 0 Å². The van der Waals surface area contributed by atoms with E-state index in [9.17, 15) is 4.79 Å². The molecular weight excluding hydrogens is 262 g/mol. The standard InChI is InChI=1S/C14H21N3O.ClH/c1-2-14(8-3-4-9-14)10-16-13(18)11-6-5-7-12(15)17-11;/h5-7H,2-4,8-10H2,1H3,(H2,15,17)(H,16,18);1H. The molecule has 0 aliphatic heterocycles. The zero-order chi connectivity index (χ0) is 13.0. The van der Waals surface area contributed by atoms with E-state index in [2.05, 4.69) is 17.2 Å². The number of hydrogen-bond acceptors (Lipinski definition) is 3. The third-order valence-electron chi connectivity index (χ3n) is 4.04. The topological polar surface area (TPSA) is 68.0 Å². The van der Waals surface area contributed by atoms with Crippen molar-refractivity contribution in [3.05, 3.63) is 23.9 Å². The molecule has 0 spiro atoms. The molecule has 0 atom stereocenters. The van der Waals surface area contributed by atoms with Crippen LogP contribution in [0.1, 0.15) is 49.5 Å². The highest BCUT2D eigenvalue weighted by Crippen LogP contribution is 2.40. The van der Waals surface area contributed by atoms with E-state index in [1.54, 1.807) is 18.2 Å². The molecule has 0 bridgehead atoms. The van der Waals surface area contributed by atoms with E-state index in [0.717, 1.165) is 13.0 Å². The number of nitrogens with zero attached hydrogens (tertiary/aromatic N) is 1. The Labute approximate surface area is 120 Å². The average molecular weight is 284 g/mol. The minimum atomic E-state index is -0.123. The Morgan fingerprint density at radius 2 is 2.11 bits per heavy atom. The zero-order valence-electron chi connectivity index (χ0n) is 11.3. The summed E-state index contributed by atoms with van der Waals surface area (Å²) in [5, 5.41) is 3.00. The van der Waals surface area contributed by atoms with Gasteiger partial charge in [-0.3, -0.25) is 4.79 Å². The maximum absolute atomic E-state index is 12.0. The third-order valence-corrected chi connectivity index (χ3v) is 4.04. The predicted molar refractivity (Wildman–Crippen MR) is 79.4 cm³/mol. The van der Waals surface area contributed by atoms with E-state index in [-0.39, 0.29) is 18.3 Å². The zero-order valence-corrected chi connectivity index (χ0v) is 12.1. The van der Waals surface area contributed by atoms with Crippen molar-refractivity contribution < 1.29 is 4.79 Å². The van der Waals surface area contributed by atoms with Gasteiger partial charge >= 0.3 is 0 Å². The van der Waals surface area contributed by atoms with E-state index < -0.39 is 0 Å². The lowest BCUT2D eigenvalue weighted by Gasteiger charge is -2.27. The van der Waals surface area contributed by atoms with Gasteiger partial charge in [0.2, 0.25) is 0 Å². The second-order valence-corrected chi connectivity index (χ2v) is 5.19. The van der Waals surface area contributed by atoms with Crippen molar-refractivity contribution in [2.24, 2.45) is 5.41 Å². The first kappa shape index (κ1) is 15.8. The Morgan fingerprint density at radius 3 is 2.68 bits per heavy atom. The minimum absolute atomic E-state index is 0. The van der Waals surface area contributed by atoms with Gasteiger partial charge in [0.1, 0.15) is 11.5 Å². The summed E-state index contributed by atoms with van der Waals surface area (Å²) in [7, 11) is 0. The number of rotatable bonds is 4. The number of amides is 1. The molecule has 1 saturated carbocycles. The average Bonchev–Trinajstić information content (AvgIpc) is 2.85. The molecule has 1 amide bonds. The first-order valence-corrected chi connectivity index (χ1v) is 6.66. The van der Waals surface area contributed by atoms with Gasteiger partial charge in [0, 0.05) is 6.54 Å². The molecule has 4 nitrogen and oxygen atoms in total. The Hall–Kier alpha value is -1.29. The molecule has 5 heteroatoms. The lowest BCUT2D eigenvalue weighted by atomic mass is 9.83. The van der Waals surface area contributed by atoms with Crippen molar-refractivity contribution in [2.75, 3.05) is 12.3 Å². The van der Waals surface area contributed by atoms with Crippen LogP contribution in [0.15, 0.2) is 18.2 Å². The van der Waals surface area contributed by atoms with Gasteiger partial charge in [0.15, 0.2) is 0 Å². The molecule has 1 aromatic rings. The van der Waals surface area contributed by atoms with Crippen LogP contribution < -0.4 is 11.1 Å². The summed E-state index contributed by atoms with van der Waals surface area (Å²) in [5.74, 6) is 0.260. The highest BCUT2D eigenvalue weighted by atomic mass is 35.5. The fraction of sp³-hybridized carbons (Fsp3) is 0.571. The maximum Gasteiger partial charge on any atom is 0.269 e. The molecule has 1 aromatic heterocycles. The lowest BCUT2D eigenvalue weighted by molar-refractivity contribution is 0.0924. The smallest absolute Gasteiger partial charge is 0.269 e. The van der Waals surface area contributed by atoms with Crippen molar-refractivity contribution in [1.82, 2.24) is 10.3 Å². The molecule has 1 heterocycles. The quantitative estimate of drug-likeness (QED) is 0.893. The molecule has 3 N–H and O–H groups in total. The van der Waals surface area contributed by atoms with Crippen LogP contribution in [0.25, 0.3) is 0 Å². The second-order valence-electron chi connectivity index (χ2n) is 5.19. The van der Waals surface area contributed by atoms with Gasteiger partial charge < -0.3 is 11.1 Å². The Kier molecular flexibility index (Phi) is 5.60. The molecule has 1 aliphatic rings. The minimum Gasteiger partial charge on any atom is -0.384 e. The fourth-order valence-corrected chi connectivity index (χ4v) is 2.72. The van der Waals surface area contributed by atoms with Crippen LogP contribution in [-0.4, -0.2) is 17.4 Å². The Balaban J connectivity index is 0.00000180. The molecule has 1 fully saturated rings. The number of nitrogens with two attached hydrogens (primary N) is 1. The van der Waals surface area contributed by atoms with Crippen molar-refractivity contribution in [1.29, 1.82) is 0 Å². The van der Waals surface area contributed by atoms with E-state index in [0.29, 0.717) is 16.9 Å². The number of halogens is 1. The van der Waals surface area contributed by atoms with Crippen LogP contribution in [0.4, 0.5) is 5.82 Å². The van der Waals surface area contributed by atoms with Gasteiger partial charge in [-0.05, 0) is 36.8 Å². The molecule has 0 aromatic carbocycles. The summed E-state index contributed by atoms with van der Waals surface area (Å²) in [6.45, 7) is 2.95. The number of hydrogen-bond donors (Lipinski definition) is 2. The van der Waals surface area contributed by atoms with E-state index in [4.69, 9.17) is 5.73 Å². The summed E-state index contributed by atoms with van der Waals surface area (Å²) in [5.41, 5.74) is 6.28. The number of pyridine rings is 1. The Bertz CT molecular complexity index is 430. The maximum atomic E-state index is 12.0. The molecule has 106 valence electrons. The van der Waals surface area contributed by atoms with E-state index >= 15 is 0 Å². The summed E-state index contributed by atoms with van der Waals surface area (Å²) in [6, 6.07) is 5.13. The van der Waals surface area contributed by atoms with Crippen LogP contribution in [0.5, 0.6) is 0 Å². The fourth-order valence-electron chi connectivity index (χ4n) is 2.72. The predicted octanol–water partition coefficient (Wildman–Crippen LogP) is 2.79. The van der Waals surface area contributed by atoms with Crippen molar-refractivity contribution in [2.45, 2.75) is 39.0 Å². The summed E-state index contributed by atoms with van der Waals surface area (Å²) >= 11 is 0. The molecule has 2 rings (SSSR count). The van der Waals surface area contributed by atoms with Crippen molar-refractivity contribution in [3.63, 3.8) is 0 Å². The van der Waals surface area contributed by atoms with E-state index in [1.165, 1.54) is 25.7 Å². The van der Waals surface area contributed by atoms with Gasteiger partial charge in [-0.15, -0.1) is 12.4 Å². The van der Waals surface area contributed by atoms with Gasteiger partial charge in [0.25, 0.3) is 5.91 Å². The molecule has 0 unspecified atom stereocenters. The Morgan fingerprint density at radius 1 is 1.42 bits per heavy atom. The summed E-state index contributed by atoms with van der Waals surface area (Å²) in [4.78, 5) is 16.0. The van der Waals surface area contributed by atoms with E-state index in [1.807, 2.05) is 0 Å². The third kappa shape index (κ3) is 3.83. The molecule has 0 saturated heterocycles. The number of nitrogen functional groups attached to an aromatic ring is 1. The highest BCUT2D eigenvalue weighted by molar-refractivity contribution is 5.92. The van der Waals surface area contributed by atoms with Gasteiger partial charge in [-0.1, -0.05) is 25.8 Å². The molecule has 0 radical (unpaired) electrons. The SMILES string of the molecule is CCC1(CNC(=O)c2cccc(N)n2)CCCC1.Cl. The van der Waals surface area contributed by atoms with Gasteiger partial charge in [-0.25, -0.2) is 4.98 Å². The first-order valence-electron chi connectivity index (χ1n) is 6.66. The molecular formula is C14H22ClN3O. The number of carbonyl (C=O) groups excluding carboxylic acids is 1. The second kappa shape index (κ2) is 6.75. The van der Waals surface area contributed by atoms with Crippen LogP contribution in [-0.2, 0) is 0 Å². The van der Waals surface area contributed by atoms with Crippen LogP contribution >= 0.6 is 12.4 Å². The van der Waals surface area contributed by atoms with Crippen LogP contribution in [0.2, 0.25) is 0 Å². The first-order chi connectivity index (χ1) is 8.65. The van der Waals surface area contributed by atoms with Crippen LogP contribution in [0.3, 0.4) is 0 Å². The van der Waals surface area contributed by atoms with Gasteiger partial charge in [0.05, 0.1) is 0 Å². The molecule has 1 aliphatic carbocycles. The van der Waals surface area contributed by atoms with Gasteiger partial charge in [-0.2, -0.15) is 0 Å². The number of carbonyl (C=O) groups is 1. The number of aromatic nitrogens is 1. The highest BCUT2D eigenvalue weighted by Gasteiger charge is 2.32. The molecule has 19 heavy (non-hydrogen) atoms. The monoisotopic (exact) mass is 283 g/mol.